The number of carbonyl (C=O) groups is 1. The van der Waals surface area contributed by atoms with Crippen molar-refractivity contribution in [2.75, 3.05) is 6.54 Å². The van der Waals surface area contributed by atoms with Gasteiger partial charge < -0.3 is 5.32 Å². The van der Waals surface area contributed by atoms with E-state index in [-0.39, 0.29) is 18.2 Å². The lowest BCUT2D eigenvalue weighted by molar-refractivity contribution is -0.120. The summed E-state index contributed by atoms with van der Waals surface area (Å²) in [5, 5.41) is 2.66. The molecule has 1 aromatic carbocycles. The topological polar surface area (TPSA) is 88.2 Å². The SMILES string of the molecule is Cc1cccc(CS(=O)(=O)NCC(=O)NCc2ccncc2)c1C. The first-order chi connectivity index (χ1) is 11.4. The fourth-order valence-electron chi connectivity index (χ4n) is 2.16. The first kappa shape index (κ1) is 18.1. The Morgan fingerprint density at radius 2 is 1.83 bits per heavy atom. The summed E-state index contributed by atoms with van der Waals surface area (Å²) < 4.78 is 26.6. The highest BCUT2D eigenvalue weighted by Crippen LogP contribution is 2.15. The van der Waals surface area contributed by atoms with E-state index in [2.05, 4.69) is 15.0 Å². The van der Waals surface area contributed by atoms with Crippen LogP contribution in [0.5, 0.6) is 0 Å². The molecule has 2 N–H and O–H groups in total. The number of hydrogen-bond acceptors (Lipinski definition) is 4. The van der Waals surface area contributed by atoms with Crippen molar-refractivity contribution < 1.29 is 13.2 Å². The number of hydrogen-bond donors (Lipinski definition) is 2. The number of carbonyl (C=O) groups excluding carboxylic acids is 1. The molecule has 1 amide bonds. The number of sulfonamides is 1. The average Bonchev–Trinajstić information content (AvgIpc) is 2.56. The standard InChI is InChI=1S/C17H21N3O3S/c1-13-4-3-5-16(14(13)2)12-24(22,23)20-11-17(21)19-10-15-6-8-18-9-7-15/h3-9,20H,10-12H2,1-2H3,(H,19,21). The number of benzene rings is 1. The van der Waals surface area contributed by atoms with E-state index in [1.54, 1.807) is 30.6 Å². The molecule has 0 saturated carbocycles. The molecule has 0 radical (unpaired) electrons. The van der Waals surface area contributed by atoms with Gasteiger partial charge in [-0.2, -0.15) is 0 Å². The predicted molar refractivity (Wildman–Crippen MR) is 92.6 cm³/mol. The van der Waals surface area contributed by atoms with Crippen molar-refractivity contribution in [3.05, 3.63) is 65.0 Å². The van der Waals surface area contributed by atoms with Crippen molar-refractivity contribution in [2.45, 2.75) is 26.1 Å². The molecule has 2 rings (SSSR count). The molecule has 7 heteroatoms. The zero-order valence-corrected chi connectivity index (χ0v) is 14.6. The molecule has 0 bridgehead atoms. The maximum atomic E-state index is 12.1. The smallest absolute Gasteiger partial charge is 0.235 e. The van der Waals surface area contributed by atoms with Crippen molar-refractivity contribution >= 4 is 15.9 Å². The van der Waals surface area contributed by atoms with E-state index in [1.807, 2.05) is 26.0 Å². The third-order valence-corrected chi connectivity index (χ3v) is 5.03. The molecule has 0 aliphatic carbocycles. The van der Waals surface area contributed by atoms with E-state index in [0.717, 1.165) is 22.3 Å². The van der Waals surface area contributed by atoms with Gasteiger partial charge in [-0.15, -0.1) is 0 Å². The molecule has 0 saturated heterocycles. The highest BCUT2D eigenvalue weighted by molar-refractivity contribution is 7.88. The lowest BCUT2D eigenvalue weighted by Gasteiger charge is -2.11. The van der Waals surface area contributed by atoms with Crippen LogP contribution in [0, 0.1) is 13.8 Å². The molecule has 1 heterocycles. The first-order valence-electron chi connectivity index (χ1n) is 7.55. The Bertz CT molecular complexity index is 805. The van der Waals surface area contributed by atoms with Crippen molar-refractivity contribution in [1.82, 2.24) is 15.0 Å². The van der Waals surface area contributed by atoms with E-state index >= 15 is 0 Å². The molecular weight excluding hydrogens is 326 g/mol. The number of aryl methyl sites for hydroxylation is 1. The monoisotopic (exact) mass is 347 g/mol. The molecule has 6 nitrogen and oxygen atoms in total. The zero-order chi connectivity index (χ0) is 17.6. The summed E-state index contributed by atoms with van der Waals surface area (Å²) in [5.41, 5.74) is 3.62. The molecule has 0 unspecified atom stereocenters. The van der Waals surface area contributed by atoms with Crippen LogP contribution >= 0.6 is 0 Å². The summed E-state index contributed by atoms with van der Waals surface area (Å²) in [7, 11) is -3.57. The second-order valence-electron chi connectivity index (χ2n) is 5.57. The summed E-state index contributed by atoms with van der Waals surface area (Å²) >= 11 is 0. The minimum absolute atomic E-state index is 0.141. The van der Waals surface area contributed by atoms with Crippen LogP contribution in [-0.2, 0) is 27.1 Å². The van der Waals surface area contributed by atoms with Gasteiger partial charge in [0.15, 0.2) is 0 Å². The lowest BCUT2D eigenvalue weighted by Crippen LogP contribution is -2.37. The second kappa shape index (κ2) is 8.03. The fraction of sp³-hybridized carbons (Fsp3) is 0.294. The third-order valence-electron chi connectivity index (χ3n) is 3.75. The molecule has 24 heavy (non-hydrogen) atoms. The molecule has 0 aliphatic rings. The summed E-state index contributed by atoms with van der Waals surface area (Å²) in [4.78, 5) is 15.7. The quantitative estimate of drug-likeness (QED) is 0.793. The average molecular weight is 347 g/mol. The van der Waals surface area contributed by atoms with E-state index in [1.165, 1.54) is 0 Å². The van der Waals surface area contributed by atoms with Gasteiger partial charge in [-0.05, 0) is 48.2 Å². The lowest BCUT2D eigenvalue weighted by atomic mass is 10.1. The van der Waals surface area contributed by atoms with Crippen LogP contribution < -0.4 is 10.0 Å². The van der Waals surface area contributed by atoms with Gasteiger partial charge in [0, 0.05) is 18.9 Å². The van der Waals surface area contributed by atoms with E-state index in [9.17, 15) is 13.2 Å². The van der Waals surface area contributed by atoms with Crippen LogP contribution in [-0.4, -0.2) is 25.9 Å². The van der Waals surface area contributed by atoms with Gasteiger partial charge in [-0.1, -0.05) is 18.2 Å². The van der Waals surface area contributed by atoms with Gasteiger partial charge in [0.25, 0.3) is 0 Å². The highest BCUT2D eigenvalue weighted by Gasteiger charge is 2.15. The maximum absolute atomic E-state index is 12.1. The predicted octanol–water partition coefficient (Wildman–Crippen LogP) is 1.43. The Kier molecular flexibility index (Phi) is 6.05. The number of amides is 1. The van der Waals surface area contributed by atoms with Gasteiger partial charge >= 0.3 is 0 Å². The number of rotatable bonds is 7. The Hall–Kier alpha value is -2.25. The second-order valence-corrected chi connectivity index (χ2v) is 7.38. The molecule has 0 fully saturated rings. The van der Waals surface area contributed by atoms with Crippen LogP contribution in [0.4, 0.5) is 0 Å². The van der Waals surface area contributed by atoms with Gasteiger partial charge in [0.05, 0.1) is 12.3 Å². The molecule has 1 aromatic heterocycles. The van der Waals surface area contributed by atoms with Gasteiger partial charge in [-0.3, -0.25) is 9.78 Å². The van der Waals surface area contributed by atoms with Crippen molar-refractivity contribution in [3.8, 4) is 0 Å². The summed E-state index contributed by atoms with van der Waals surface area (Å²) in [6, 6.07) is 9.11. The first-order valence-corrected chi connectivity index (χ1v) is 9.20. The largest absolute Gasteiger partial charge is 0.351 e. The van der Waals surface area contributed by atoms with Crippen molar-refractivity contribution in [3.63, 3.8) is 0 Å². The number of pyridine rings is 1. The van der Waals surface area contributed by atoms with Crippen LogP contribution in [0.15, 0.2) is 42.7 Å². The van der Waals surface area contributed by atoms with E-state index in [0.29, 0.717) is 6.54 Å². The van der Waals surface area contributed by atoms with Crippen molar-refractivity contribution in [2.24, 2.45) is 0 Å². The van der Waals surface area contributed by atoms with Crippen LogP contribution in [0.1, 0.15) is 22.3 Å². The molecule has 0 aliphatic heterocycles. The van der Waals surface area contributed by atoms with Gasteiger partial charge in [0.1, 0.15) is 0 Å². The number of nitrogens with one attached hydrogen (secondary N) is 2. The van der Waals surface area contributed by atoms with E-state index < -0.39 is 10.0 Å². The zero-order valence-electron chi connectivity index (χ0n) is 13.7. The molecule has 0 spiro atoms. The normalized spacial score (nSPS) is 11.2. The summed E-state index contributed by atoms with van der Waals surface area (Å²) in [6.45, 7) is 3.88. The molecule has 0 atom stereocenters. The highest BCUT2D eigenvalue weighted by atomic mass is 32.2. The Labute approximate surface area is 142 Å². The summed E-state index contributed by atoms with van der Waals surface area (Å²) in [5.74, 6) is -0.519. The van der Waals surface area contributed by atoms with E-state index in [4.69, 9.17) is 0 Å². The van der Waals surface area contributed by atoms with Gasteiger partial charge in [0.2, 0.25) is 15.9 Å². The number of aromatic nitrogens is 1. The van der Waals surface area contributed by atoms with Gasteiger partial charge in [-0.25, -0.2) is 13.1 Å². The Morgan fingerprint density at radius 1 is 1.12 bits per heavy atom. The molecular formula is C17H21N3O3S. The molecule has 128 valence electrons. The Morgan fingerprint density at radius 3 is 2.54 bits per heavy atom. The number of nitrogens with zero attached hydrogens (tertiary/aromatic N) is 1. The van der Waals surface area contributed by atoms with Crippen LogP contribution in [0.2, 0.25) is 0 Å². The van der Waals surface area contributed by atoms with Crippen LogP contribution in [0.3, 0.4) is 0 Å². The summed E-state index contributed by atoms with van der Waals surface area (Å²) in [6.07, 6.45) is 3.27. The van der Waals surface area contributed by atoms with Crippen LogP contribution in [0.25, 0.3) is 0 Å². The fourth-order valence-corrected chi connectivity index (χ4v) is 3.34. The molecule has 2 aromatic rings. The Balaban J connectivity index is 1.86. The minimum atomic E-state index is -3.57. The third kappa shape index (κ3) is 5.43. The maximum Gasteiger partial charge on any atom is 0.235 e. The minimum Gasteiger partial charge on any atom is -0.351 e. The van der Waals surface area contributed by atoms with Crippen molar-refractivity contribution in [1.29, 1.82) is 0 Å².